The fourth-order valence-electron chi connectivity index (χ4n) is 1.98. The van der Waals surface area contributed by atoms with Crippen LogP contribution in [0.2, 0.25) is 0 Å². The molecule has 0 spiro atoms. The average molecular weight is 233 g/mol. The Kier molecular flexibility index (Phi) is 3.13. The molecule has 0 bridgehead atoms. The number of likely N-dealkylation sites (N-methyl/N-ethyl adjacent to an activating group) is 1. The number of carbonyl (C=O) groups excluding carboxylic acids is 1. The minimum Gasteiger partial charge on any atom is -0.479 e. The van der Waals surface area contributed by atoms with Gasteiger partial charge < -0.3 is 10.0 Å². The summed E-state index contributed by atoms with van der Waals surface area (Å²) in [5, 5.41) is 9.12. The first kappa shape index (κ1) is 11.6. The van der Waals surface area contributed by atoms with Crippen LogP contribution >= 0.6 is 0 Å². The number of hydrogen-bond donors (Lipinski definition) is 1. The van der Waals surface area contributed by atoms with Gasteiger partial charge >= 0.3 is 5.97 Å². The van der Waals surface area contributed by atoms with Crippen molar-refractivity contribution in [1.29, 1.82) is 0 Å². The lowest BCUT2D eigenvalue weighted by Crippen LogP contribution is -2.29. The van der Waals surface area contributed by atoms with Gasteiger partial charge in [0.25, 0.3) is 0 Å². The first-order chi connectivity index (χ1) is 8.13. The van der Waals surface area contributed by atoms with Crippen molar-refractivity contribution in [3.05, 3.63) is 35.4 Å². The van der Waals surface area contributed by atoms with Crippen LogP contribution in [-0.4, -0.2) is 29.4 Å². The van der Waals surface area contributed by atoms with E-state index >= 15 is 0 Å². The Morgan fingerprint density at radius 1 is 1.41 bits per heavy atom. The molecule has 2 rings (SSSR count). The van der Waals surface area contributed by atoms with Gasteiger partial charge in [0.1, 0.15) is 0 Å². The van der Waals surface area contributed by atoms with Gasteiger partial charge in [-0.2, -0.15) is 0 Å². The fraction of sp³-hybridized carbons (Fsp3) is 0.385. The average Bonchev–Trinajstić information content (AvgIpc) is 3.13. The van der Waals surface area contributed by atoms with Gasteiger partial charge in [0, 0.05) is 7.05 Å². The highest BCUT2D eigenvalue weighted by Crippen LogP contribution is 2.40. The second kappa shape index (κ2) is 4.57. The summed E-state index contributed by atoms with van der Waals surface area (Å²) < 4.78 is 0. The minimum absolute atomic E-state index is 0.535. The largest absolute Gasteiger partial charge is 0.479 e. The van der Waals surface area contributed by atoms with Gasteiger partial charge in [0.15, 0.2) is 6.04 Å². The number of aliphatic carboxylic acids is 1. The van der Waals surface area contributed by atoms with E-state index in [1.165, 1.54) is 25.5 Å². The van der Waals surface area contributed by atoms with Gasteiger partial charge in [-0.05, 0) is 29.9 Å². The number of hydrogen-bond acceptors (Lipinski definition) is 2. The normalized spacial score (nSPS) is 16.3. The second-order valence-electron chi connectivity index (χ2n) is 4.45. The maximum Gasteiger partial charge on any atom is 0.331 e. The van der Waals surface area contributed by atoms with Crippen LogP contribution in [0.3, 0.4) is 0 Å². The highest BCUT2D eigenvalue weighted by molar-refractivity contribution is 5.78. The number of rotatable bonds is 5. The van der Waals surface area contributed by atoms with Crippen LogP contribution in [0.25, 0.3) is 0 Å². The molecule has 90 valence electrons. The molecule has 1 atom stereocenters. The SMILES string of the molecule is CN(C=O)C(C(=O)O)c1ccc(C2CC2)cc1. The van der Waals surface area contributed by atoms with Crippen molar-refractivity contribution in [3.63, 3.8) is 0 Å². The van der Waals surface area contributed by atoms with Crippen LogP contribution in [0.5, 0.6) is 0 Å². The Labute approximate surface area is 99.9 Å². The van der Waals surface area contributed by atoms with Crippen molar-refractivity contribution in [2.75, 3.05) is 7.05 Å². The maximum atomic E-state index is 11.1. The van der Waals surface area contributed by atoms with Crippen LogP contribution < -0.4 is 0 Å². The van der Waals surface area contributed by atoms with Crippen LogP contribution in [0.1, 0.15) is 35.9 Å². The maximum absolute atomic E-state index is 11.1. The molecule has 1 fully saturated rings. The lowest BCUT2D eigenvalue weighted by molar-refractivity contribution is -0.145. The van der Waals surface area contributed by atoms with E-state index in [9.17, 15) is 9.59 Å². The molecule has 0 radical (unpaired) electrons. The molecule has 0 aromatic heterocycles. The Balaban J connectivity index is 2.23. The van der Waals surface area contributed by atoms with Crippen LogP contribution in [0, 0.1) is 0 Å². The summed E-state index contributed by atoms with van der Waals surface area (Å²) in [5.74, 6) is -0.366. The molecule has 1 aromatic rings. The third-order valence-electron chi connectivity index (χ3n) is 3.11. The summed E-state index contributed by atoms with van der Waals surface area (Å²) >= 11 is 0. The molecule has 1 aliphatic carbocycles. The Hall–Kier alpha value is -1.84. The Bertz CT molecular complexity index is 423. The molecule has 1 saturated carbocycles. The van der Waals surface area contributed by atoms with Crippen LogP contribution in [-0.2, 0) is 9.59 Å². The van der Waals surface area contributed by atoms with E-state index < -0.39 is 12.0 Å². The molecule has 4 nitrogen and oxygen atoms in total. The third-order valence-corrected chi connectivity index (χ3v) is 3.11. The molecule has 0 saturated heterocycles. The summed E-state index contributed by atoms with van der Waals surface area (Å²) in [4.78, 5) is 23.0. The molecule has 0 aliphatic heterocycles. The lowest BCUT2D eigenvalue weighted by Gasteiger charge is -2.20. The number of carbonyl (C=O) groups is 2. The minimum atomic E-state index is -1.02. The van der Waals surface area contributed by atoms with Crippen molar-refractivity contribution < 1.29 is 14.7 Å². The van der Waals surface area contributed by atoms with E-state index in [0.717, 1.165) is 4.90 Å². The molecule has 1 N–H and O–H groups in total. The van der Waals surface area contributed by atoms with Crippen molar-refractivity contribution in [2.24, 2.45) is 0 Å². The molecule has 1 amide bonds. The molecule has 1 aliphatic rings. The molecule has 17 heavy (non-hydrogen) atoms. The number of nitrogens with zero attached hydrogens (tertiary/aromatic N) is 1. The number of amides is 1. The number of carboxylic acid groups (broad SMARTS) is 1. The monoisotopic (exact) mass is 233 g/mol. The summed E-state index contributed by atoms with van der Waals surface area (Å²) in [6.07, 6.45) is 2.97. The second-order valence-corrected chi connectivity index (χ2v) is 4.45. The highest BCUT2D eigenvalue weighted by atomic mass is 16.4. The summed E-state index contributed by atoms with van der Waals surface area (Å²) in [7, 11) is 1.47. The molecular formula is C13H15NO3. The summed E-state index contributed by atoms with van der Waals surface area (Å²) in [5.41, 5.74) is 1.89. The topological polar surface area (TPSA) is 57.6 Å². The first-order valence-corrected chi connectivity index (χ1v) is 5.63. The standard InChI is InChI=1S/C13H15NO3/c1-14(8-15)12(13(16)17)11-6-4-10(5-7-11)9-2-3-9/h4-9,12H,2-3H2,1H3,(H,16,17). The molecule has 1 aromatic carbocycles. The lowest BCUT2D eigenvalue weighted by atomic mass is 10.0. The van der Waals surface area contributed by atoms with Gasteiger partial charge in [-0.15, -0.1) is 0 Å². The van der Waals surface area contributed by atoms with E-state index in [1.807, 2.05) is 12.1 Å². The van der Waals surface area contributed by atoms with Crippen molar-refractivity contribution in [1.82, 2.24) is 4.90 Å². The van der Waals surface area contributed by atoms with Crippen molar-refractivity contribution in [3.8, 4) is 0 Å². The predicted molar refractivity (Wildman–Crippen MR) is 62.6 cm³/mol. The number of benzene rings is 1. The van der Waals surface area contributed by atoms with Crippen LogP contribution in [0.4, 0.5) is 0 Å². The molecular weight excluding hydrogens is 218 g/mol. The highest BCUT2D eigenvalue weighted by Gasteiger charge is 2.26. The van der Waals surface area contributed by atoms with Gasteiger partial charge in [0.2, 0.25) is 6.41 Å². The van der Waals surface area contributed by atoms with Gasteiger partial charge in [-0.1, -0.05) is 24.3 Å². The number of carboxylic acids is 1. The zero-order valence-corrected chi connectivity index (χ0v) is 9.67. The third kappa shape index (κ3) is 2.46. The van der Waals surface area contributed by atoms with E-state index in [4.69, 9.17) is 5.11 Å². The predicted octanol–water partition coefficient (Wildman–Crippen LogP) is 1.78. The van der Waals surface area contributed by atoms with Gasteiger partial charge in [0.05, 0.1) is 0 Å². The Morgan fingerprint density at radius 3 is 2.41 bits per heavy atom. The smallest absolute Gasteiger partial charge is 0.331 e. The molecule has 0 heterocycles. The van der Waals surface area contributed by atoms with Crippen molar-refractivity contribution >= 4 is 12.4 Å². The zero-order chi connectivity index (χ0) is 12.4. The van der Waals surface area contributed by atoms with Gasteiger partial charge in [-0.25, -0.2) is 4.79 Å². The van der Waals surface area contributed by atoms with E-state index in [1.54, 1.807) is 12.1 Å². The van der Waals surface area contributed by atoms with Gasteiger partial charge in [-0.3, -0.25) is 4.79 Å². The summed E-state index contributed by atoms with van der Waals surface area (Å²) in [6, 6.07) is 6.61. The van der Waals surface area contributed by atoms with E-state index in [0.29, 0.717) is 17.9 Å². The van der Waals surface area contributed by atoms with Crippen molar-refractivity contribution in [2.45, 2.75) is 24.8 Å². The fourth-order valence-corrected chi connectivity index (χ4v) is 1.98. The first-order valence-electron chi connectivity index (χ1n) is 5.63. The quantitative estimate of drug-likeness (QED) is 0.789. The van der Waals surface area contributed by atoms with E-state index in [2.05, 4.69) is 0 Å². The Morgan fingerprint density at radius 2 is 2.00 bits per heavy atom. The van der Waals surface area contributed by atoms with Crippen LogP contribution in [0.15, 0.2) is 24.3 Å². The zero-order valence-electron chi connectivity index (χ0n) is 9.67. The van der Waals surface area contributed by atoms with E-state index in [-0.39, 0.29) is 0 Å². The molecule has 4 heteroatoms. The summed E-state index contributed by atoms with van der Waals surface area (Å²) in [6.45, 7) is 0. The molecule has 1 unspecified atom stereocenters.